The summed E-state index contributed by atoms with van der Waals surface area (Å²) in [6, 6.07) is 12.4. The molecule has 6 heteroatoms. The predicted molar refractivity (Wildman–Crippen MR) is 117 cm³/mol. The van der Waals surface area contributed by atoms with Gasteiger partial charge in [0.25, 0.3) is 0 Å². The molecule has 0 aromatic heterocycles. The van der Waals surface area contributed by atoms with Crippen molar-refractivity contribution in [1.29, 1.82) is 0 Å². The highest BCUT2D eigenvalue weighted by molar-refractivity contribution is 6.33. The summed E-state index contributed by atoms with van der Waals surface area (Å²) in [5.41, 5.74) is 5.04. The first-order valence-electron chi connectivity index (χ1n) is 9.25. The minimum Gasteiger partial charge on any atom is -0.492 e. The Kier molecular flexibility index (Phi) is 8.71. The summed E-state index contributed by atoms with van der Waals surface area (Å²) in [6.45, 7) is 4.39. The number of halogens is 2. The van der Waals surface area contributed by atoms with E-state index in [0.29, 0.717) is 6.61 Å². The van der Waals surface area contributed by atoms with Crippen LogP contribution in [0, 0.1) is 0 Å². The fraction of sp³-hybridized carbons (Fsp3) is 0.429. The number of ether oxygens (including phenoxy) is 1. The van der Waals surface area contributed by atoms with Gasteiger partial charge in [-0.05, 0) is 74.9 Å². The van der Waals surface area contributed by atoms with Gasteiger partial charge < -0.3 is 20.3 Å². The zero-order valence-electron chi connectivity index (χ0n) is 16.1. The van der Waals surface area contributed by atoms with E-state index in [2.05, 4.69) is 33.7 Å². The van der Waals surface area contributed by atoms with Crippen LogP contribution in [0.5, 0.6) is 5.75 Å². The van der Waals surface area contributed by atoms with Gasteiger partial charge in [0.1, 0.15) is 12.4 Å². The minimum absolute atomic E-state index is 0. The van der Waals surface area contributed by atoms with Gasteiger partial charge in [-0.3, -0.25) is 0 Å². The normalized spacial score (nSPS) is 13.5. The Morgan fingerprint density at radius 1 is 1.07 bits per heavy atom. The summed E-state index contributed by atoms with van der Waals surface area (Å²) in [5, 5.41) is 7.81. The molecule has 1 aliphatic heterocycles. The van der Waals surface area contributed by atoms with Gasteiger partial charge in [-0.1, -0.05) is 29.8 Å². The maximum absolute atomic E-state index is 6.48. The Morgan fingerprint density at radius 2 is 1.81 bits per heavy atom. The molecule has 0 spiro atoms. The number of nitrogens with zero attached hydrogens (tertiary/aromatic N) is 1. The molecule has 0 unspecified atom stereocenters. The van der Waals surface area contributed by atoms with Gasteiger partial charge in [0.15, 0.2) is 0 Å². The average Bonchev–Trinajstić information content (AvgIpc) is 2.87. The van der Waals surface area contributed by atoms with Crippen molar-refractivity contribution >= 4 is 29.7 Å². The van der Waals surface area contributed by atoms with Gasteiger partial charge >= 0.3 is 0 Å². The summed E-state index contributed by atoms with van der Waals surface area (Å²) in [4.78, 5) is 2.11. The van der Waals surface area contributed by atoms with Crippen molar-refractivity contribution in [2.75, 3.05) is 45.7 Å². The summed E-state index contributed by atoms with van der Waals surface area (Å²) in [5.74, 6) is 0.910. The molecule has 2 N–H and O–H groups in total. The maximum Gasteiger partial charge on any atom is 0.119 e. The number of anilines is 1. The molecule has 4 nitrogen and oxygen atoms in total. The topological polar surface area (TPSA) is 36.5 Å². The first-order chi connectivity index (χ1) is 12.6. The Hall–Kier alpha value is -1.46. The third-order valence-electron chi connectivity index (χ3n) is 4.68. The predicted octanol–water partition coefficient (Wildman–Crippen LogP) is 4.00. The van der Waals surface area contributed by atoms with Crippen LogP contribution in [0.15, 0.2) is 36.4 Å². The van der Waals surface area contributed by atoms with Crippen LogP contribution in [0.25, 0.3) is 0 Å². The summed E-state index contributed by atoms with van der Waals surface area (Å²) >= 11 is 6.48. The van der Waals surface area contributed by atoms with E-state index < -0.39 is 0 Å². The summed E-state index contributed by atoms with van der Waals surface area (Å²) < 4.78 is 5.75. The van der Waals surface area contributed by atoms with Crippen LogP contribution in [0.2, 0.25) is 5.02 Å². The van der Waals surface area contributed by atoms with Crippen LogP contribution in [-0.4, -0.2) is 45.2 Å². The monoisotopic (exact) mass is 409 g/mol. The average molecular weight is 410 g/mol. The second-order valence-electron chi connectivity index (χ2n) is 6.96. The molecule has 2 aromatic carbocycles. The Morgan fingerprint density at radius 3 is 2.56 bits per heavy atom. The van der Waals surface area contributed by atoms with Crippen LogP contribution in [0.4, 0.5) is 5.69 Å². The van der Waals surface area contributed by atoms with E-state index in [-0.39, 0.29) is 12.4 Å². The smallest absolute Gasteiger partial charge is 0.119 e. The Balaban J connectivity index is 0.00000261. The van der Waals surface area contributed by atoms with Crippen LogP contribution in [0.3, 0.4) is 0 Å². The minimum atomic E-state index is 0. The zero-order chi connectivity index (χ0) is 18.4. The molecule has 3 rings (SSSR count). The molecule has 0 amide bonds. The fourth-order valence-electron chi connectivity index (χ4n) is 3.17. The van der Waals surface area contributed by atoms with Gasteiger partial charge in [0, 0.05) is 13.1 Å². The van der Waals surface area contributed by atoms with Gasteiger partial charge in [-0.15, -0.1) is 12.4 Å². The third-order valence-corrected chi connectivity index (χ3v) is 5.00. The Labute approximate surface area is 173 Å². The first-order valence-corrected chi connectivity index (χ1v) is 9.62. The standard InChI is InChI=1S/C21H28ClN3O.ClH/c1-25(2)13-14-26-18-6-3-16(4-7-18)15-24-21-19-10-12-23-11-9-17(19)5-8-20(21)22;/h3-8,23-24H,9-15H2,1-2H3;1H. The van der Waals surface area contributed by atoms with Crippen LogP contribution >= 0.6 is 24.0 Å². The van der Waals surface area contributed by atoms with Gasteiger partial charge in [0.05, 0.1) is 10.7 Å². The second kappa shape index (κ2) is 10.8. The summed E-state index contributed by atoms with van der Waals surface area (Å²) in [6.07, 6.45) is 2.07. The van der Waals surface area contributed by atoms with Crippen molar-refractivity contribution in [1.82, 2.24) is 10.2 Å². The number of hydrogen-bond acceptors (Lipinski definition) is 4. The number of hydrogen-bond donors (Lipinski definition) is 2. The highest BCUT2D eigenvalue weighted by atomic mass is 35.5. The third kappa shape index (κ3) is 6.28. The molecule has 0 saturated carbocycles. The number of benzene rings is 2. The van der Waals surface area contributed by atoms with E-state index in [0.717, 1.165) is 55.5 Å². The molecule has 0 radical (unpaired) electrons. The quantitative estimate of drug-likeness (QED) is 0.724. The molecule has 1 aliphatic rings. The van der Waals surface area contributed by atoms with Crippen LogP contribution < -0.4 is 15.4 Å². The van der Waals surface area contributed by atoms with E-state index in [1.807, 2.05) is 32.3 Å². The van der Waals surface area contributed by atoms with Crippen molar-refractivity contribution in [3.8, 4) is 5.75 Å². The van der Waals surface area contributed by atoms with Crippen LogP contribution in [-0.2, 0) is 19.4 Å². The van der Waals surface area contributed by atoms with E-state index in [1.165, 1.54) is 16.7 Å². The number of nitrogens with one attached hydrogen (secondary N) is 2. The zero-order valence-corrected chi connectivity index (χ0v) is 17.6. The van der Waals surface area contributed by atoms with Crippen molar-refractivity contribution in [3.63, 3.8) is 0 Å². The van der Waals surface area contributed by atoms with E-state index in [9.17, 15) is 0 Å². The number of likely N-dealkylation sites (N-methyl/N-ethyl adjacent to an activating group) is 1. The van der Waals surface area contributed by atoms with Gasteiger partial charge in [0.2, 0.25) is 0 Å². The molecule has 0 bridgehead atoms. The highest BCUT2D eigenvalue weighted by Crippen LogP contribution is 2.31. The summed E-state index contributed by atoms with van der Waals surface area (Å²) in [7, 11) is 4.09. The lowest BCUT2D eigenvalue weighted by atomic mass is 10.0. The molecule has 0 atom stereocenters. The number of fused-ring (bicyclic) bond motifs is 1. The van der Waals surface area contributed by atoms with E-state index in [4.69, 9.17) is 16.3 Å². The highest BCUT2D eigenvalue weighted by Gasteiger charge is 2.14. The molecule has 0 aliphatic carbocycles. The van der Waals surface area contributed by atoms with Crippen LogP contribution in [0.1, 0.15) is 16.7 Å². The molecule has 148 valence electrons. The lowest BCUT2D eigenvalue weighted by molar-refractivity contribution is 0.261. The molecule has 27 heavy (non-hydrogen) atoms. The molecular formula is C21H29Cl2N3O. The molecule has 0 saturated heterocycles. The second-order valence-corrected chi connectivity index (χ2v) is 7.37. The molecule has 2 aromatic rings. The Bertz CT molecular complexity index is 720. The molecule has 1 heterocycles. The fourth-order valence-corrected chi connectivity index (χ4v) is 3.42. The first kappa shape index (κ1) is 21.8. The molecule has 0 fully saturated rings. The maximum atomic E-state index is 6.48. The van der Waals surface area contributed by atoms with Crippen molar-refractivity contribution in [2.24, 2.45) is 0 Å². The van der Waals surface area contributed by atoms with Gasteiger partial charge in [-0.2, -0.15) is 0 Å². The van der Waals surface area contributed by atoms with Gasteiger partial charge in [-0.25, -0.2) is 0 Å². The van der Waals surface area contributed by atoms with Crippen molar-refractivity contribution in [2.45, 2.75) is 19.4 Å². The lowest BCUT2D eigenvalue weighted by Crippen LogP contribution is -2.19. The van der Waals surface area contributed by atoms with Crippen molar-refractivity contribution in [3.05, 3.63) is 58.1 Å². The van der Waals surface area contributed by atoms with Crippen molar-refractivity contribution < 1.29 is 4.74 Å². The largest absolute Gasteiger partial charge is 0.492 e. The van der Waals surface area contributed by atoms with E-state index in [1.54, 1.807) is 0 Å². The number of rotatable bonds is 7. The molecular weight excluding hydrogens is 381 g/mol. The SMILES string of the molecule is CN(C)CCOc1ccc(CNc2c(Cl)ccc3c2CCNCC3)cc1.Cl. The van der Waals surface area contributed by atoms with E-state index >= 15 is 0 Å². The lowest BCUT2D eigenvalue weighted by Gasteiger charge is -2.16.